The Morgan fingerprint density at radius 3 is 2.79 bits per heavy atom. The molecule has 0 unspecified atom stereocenters. The van der Waals surface area contributed by atoms with Gasteiger partial charge in [0.2, 0.25) is 5.91 Å². The highest BCUT2D eigenvalue weighted by Gasteiger charge is 2.25. The molecule has 2 amide bonds. The summed E-state index contributed by atoms with van der Waals surface area (Å²) in [6.07, 6.45) is 2.88. The smallest absolute Gasteiger partial charge is 0.272 e. The van der Waals surface area contributed by atoms with Gasteiger partial charge in [-0.1, -0.05) is 12.1 Å². The summed E-state index contributed by atoms with van der Waals surface area (Å²) in [5, 5.41) is 2.73. The van der Waals surface area contributed by atoms with Gasteiger partial charge in [0.05, 0.1) is 0 Å². The van der Waals surface area contributed by atoms with Crippen molar-refractivity contribution in [3.8, 4) is 0 Å². The standard InChI is InChI=1S/C22H25F2N3O2/c1-15-4-2-6-20(26-15)22(29)27-11-3-5-16(14-27)8-10-21(28)25-13-17-7-9-18(23)19(24)12-17/h2,4,6-7,9,12,16H,3,5,8,10-11,13-14H2,1H3,(H,25,28)/t16-/m0/s1. The van der Waals surface area contributed by atoms with Crippen LogP contribution in [0.4, 0.5) is 8.78 Å². The Labute approximate surface area is 169 Å². The lowest BCUT2D eigenvalue weighted by Crippen LogP contribution is -2.40. The average Bonchev–Trinajstić information content (AvgIpc) is 2.72. The molecule has 5 nitrogen and oxygen atoms in total. The van der Waals surface area contributed by atoms with E-state index in [1.54, 1.807) is 6.07 Å². The number of nitrogens with one attached hydrogen (secondary N) is 1. The molecule has 0 radical (unpaired) electrons. The van der Waals surface area contributed by atoms with E-state index in [1.165, 1.54) is 6.07 Å². The molecule has 1 atom stereocenters. The Morgan fingerprint density at radius 2 is 2.03 bits per heavy atom. The molecule has 1 N–H and O–H groups in total. The molecule has 0 bridgehead atoms. The minimum atomic E-state index is -0.924. The van der Waals surface area contributed by atoms with Gasteiger partial charge in [0.15, 0.2) is 11.6 Å². The van der Waals surface area contributed by atoms with Crippen LogP contribution in [0.5, 0.6) is 0 Å². The SMILES string of the molecule is Cc1cccc(C(=O)N2CCC[C@@H](CCC(=O)NCc3ccc(F)c(F)c3)C2)n1. The van der Waals surface area contributed by atoms with E-state index in [0.717, 1.165) is 30.7 Å². The molecule has 3 rings (SSSR count). The summed E-state index contributed by atoms with van der Waals surface area (Å²) in [7, 11) is 0. The Balaban J connectivity index is 1.45. The number of carbonyl (C=O) groups excluding carboxylic acids is 2. The molecule has 1 fully saturated rings. The first-order chi connectivity index (χ1) is 13.9. The first-order valence-corrected chi connectivity index (χ1v) is 9.86. The average molecular weight is 401 g/mol. The topological polar surface area (TPSA) is 62.3 Å². The second-order valence-electron chi connectivity index (χ2n) is 7.49. The lowest BCUT2D eigenvalue weighted by atomic mass is 9.93. The van der Waals surface area contributed by atoms with Crippen LogP contribution >= 0.6 is 0 Å². The van der Waals surface area contributed by atoms with Gasteiger partial charge in [-0.05, 0) is 61.9 Å². The third-order valence-electron chi connectivity index (χ3n) is 5.17. The van der Waals surface area contributed by atoms with Crippen LogP contribution in [0.1, 0.15) is 47.4 Å². The number of piperidine rings is 1. The molecule has 29 heavy (non-hydrogen) atoms. The van der Waals surface area contributed by atoms with E-state index in [-0.39, 0.29) is 24.3 Å². The number of carbonyl (C=O) groups is 2. The fourth-order valence-electron chi connectivity index (χ4n) is 3.58. The summed E-state index contributed by atoms with van der Waals surface area (Å²) in [5.41, 5.74) is 1.77. The molecule has 1 aliphatic rings. The van der Waals surface area contributed by atoms with E-state index >= 15 is 0 Å². The number of hydrogen-bond acceptors (Lipinski definition) is 3. The lowest BCUT2D eigenvalue weighted by molar-refractivity contribution is -0.121. The Kier molecular flexibility index (Phi) is 6.90. The molecule has 2 heterocycles. The highest BCUT2D eigenvalue weighted by molar-refractivity contribution is 5.92. The van der Waals surface area contributed by atoms with Crippen molar-refractivity contribution in [2.45, 2.75) is 39.2 Å². The van der Waals surface area contributed by atoms with Crippen molar-refractivity contribution >= 4 is 11.8 Å². The van der Waals surface area contributed by atoms with Crippen LogP contribution in [0.2, 0.25) is 0 Å². The first-order valence-electron chi connectivity index (χ1n) is 9.86. The van der Waals surface area contributed by atoms with Gasteiger partial charge < -0.3 is 10.2 Å². The van der Waals surface area contributed by atoms with Crippen LogP contribution in [-0.4, -0.2) is 34.8 Å². The molecular formula is C22H25F2N3O2. The number of rotatable bonds is 6. The summed E-state index contributed by atoms with van der Waals surface area (Å²) in [6, 6.07) is 8.99. The van der Waals surface area contributed by atoms with Crippen molar-refractivity contribution in [3.63, 3.8) is 0 Å². The minimum absolute atomic E-state index is 0.0683. The summed E-state index contributed by atoms with van der Waals surface area (Å²) in [4.78, 5) is 30.9. The van der Waals surface area contributed by atoms with Crippen LogP contribution < -0.4 is 5.32 Å². The molecule has 2 aromatic rings. The van der Waals surface area contributed by atoms with Crippen molar-refractivity contribution in [1.29, 1.82) is 0 Å². The van der Waals surface area contributed by atoms with Gasteiger partial charge in [0.25, 0.3) is 5.91 Å². The molecular weight excluding hydrogens is 376 g/mol. The van der Waals surface area contributed by atoms with Gasteiger partial charge in [-0.15, -0.1) is 0 Å². The second-order valence-corrected chi connectivity index (χ2v) is 7.49. The lowest BCUT2D eigenvalue weighted by Gasteiger charge is -2.32. The van der Waals surface area contributed by atoms with Crippen molar-refractivity contribution in [2.75, 3.05) is 13.1 Å². The van der Waals surface area contributed by atoms with E-state index in [0.29, 0.717) is 37.2 Å². The fourth-order valence-corrected chi connectivity index (χ4v) is 3.58. The molecule has 1 aromatic carbocycles. The van der Waals surface area contributed by atoms with Crippen LogP contribution in [0.15, 0.2) is 36.4 Å². The number of aryl methyl sites for hydroxylation is 1. The number of pyridine rings is 1. The monoisotopic (exact) mass is 401 g/mol. The number of aromatic nitrogens is 1. The molecule has 0 saturated carbocycles. The van der Waals surface area contributed by atoms with Crippen molar-refractivity contribution < 1.29 is 18.4 Å². The highest BCUT2D eigenvalue weighted by Crippen LogP contribution is 2.22. The van der Waals surface area contributed by atoms with E-state index in [1.807, 2.05) is 24.0 Å². The molecule has 0 spiro atoms. The summed E-state index contributed by atoms with van der Waals surface area (Å²) in [6.45, 7) is 3.33. The predicted octanol–water partition coefficient (Wildman–Crippen LogP) is 3.62. The Bertz CT molecular complexity index is 888. The van der Waals surface area contributed by atoms with E-state index < -0.39 is 11.6 Å². The Morgan fingerprint density at radius 1 is 1.21 bits per heavy atom. The Hall–Kier alpha value is -2.83. The minimum Gasteiger partial charge on any atom is -0.352 e. The van der Waals surface area contributed by atoms with Gasteiger partial charge in [-0.25, -0.2) is 13.8 Å². The maximum atomic E-state index is 13.2. The number of nitrogens with zero attached hydrogens (tertiary/aromatic N) is 2. The summed E-state index contributed by atoms with van der Waals surface area (Å²) in [5.74, 6) is -1.78. The number of halogens is 2. The van der Waals surface area contributed by atoms with Crippen LogP contribution in [-0.2, 0) is 11.3 Å². The zero-order chi connectivity index (χ0) is 20.8. The zero-order valence-electron chi connectivity index (χ0n) is 16.5. The molecule has 1 saturated heterocycles. The predicted molar refractivity (Wildman–Crippen MR) is 105 cm³/mol. The number of amides is 2. The second kappa shape index (κ2) is 9.58. The fraction of sp³-hybridized carbons (Fsp3) is 0.409. The van der Waals surface area contributed by atoms with Crippen LogP contribution in [0, 0.1) is 24.5 Å². The van der Waals surface area contributed by atoms with Gasteiger partial charge in [0, 0.05) is 31.7 Å². The number of benzene rings is 1. The zero-order valence-corrected chi connectivity index (χ0v) is 16.5. The van der Waals surface area contributed by atoms with Crippen molar-refractivity contribution in [1.82, 2.24) is 15.2 Å². The van der Waals surface area contributed by atoms with Crippen molar-refractivity contribution in [2.24, 2.45) is 5.92 Å². The maximum Gasteiger partial charge on any atom is 0.272 e. The summed E-state index contributed by atoms with van der Waals surface area (Å²) < 4.78 is 26.2. The van der Waals surface area contributed by atoms with Gasteiger partial charge >= 0.3 is 0 Å². The van der Waals surface area contributed by atoms with Crippen LogP contribution in [0.3, 0.4) is 0 Å². The maximum absolute atomic E-state index is 13.2. The van der Waals surface area contributed by atoms with E-state index in [2.05, 4.69) is 10.3 Å². The molecule has 7 heteroatoms. The van der Waals surface area contributed by atoms with E-state index in [9.17, 15) is 18.4 Å². The van der Waals surface area contributed by atoms with E-state index in [4.69, 9.17) is 0 Å². The third kappa shape index (κ3) is 5.82. The third-order valence-corrected chi connectivity index (χ3v) is 5.17. The molecule has 0 aliphatic carbocycles. The number of hydrogen-bond donors (Lipinski definition) is 1. The molecule has 1 aliphatic heterocycles. The normalized spacial score (nSPS) is 16.5. The number of likely N-dealkylation sites (tertiary alicyclic amines) is 1. The van der Waals surface area contributed by atoms with Gasteiger partial charge in [0.1, 0.15) is 5.69 Å². The van der Waals surface area contributed by atoms with Gasteiger partial charge in [-0.2, -0.15) is 0 Å². The largest absolute Gasteiger partial charge is 0.352 e. The summed E-state index contributed by atoms with van der Waals surface area (Å²) >= 11 is 0. The molecule has 1 aromatic heterocycles. The van der Waals surface area contributed by atoms with Crippen LogP contribution in [0.25, 0.3) is 0 Å². The van der Waals surface area contributed by atoms with Gasteiger partial charge in [-0.3, -0.25) is 9.59 Å². The quantitative estimate of drug-likeness (QED) is 0.804. The van der Waals surface area contributed by atoms with Crippen molar-refractivity contribution in [3.05, 3.63) is 65.0 Å². The highest BCUT2D eigenvalue weighted by atomic mass is 19.2. The first kappa shape index (κ1) is 20.9. The molecule has 154 valence electrons.